The number of rotatable bonds is 0. The summed E-state index contributed by atoms with van der Waals surface area (Å²) in [6.45, 7) is 8.13. The molecule has 6 atom stereocenters. The van der Waals surface area contributed by atoms with E-state index < -0.39 is 0 Å². The van der Waals surface area contributed by atoms with Crippen molar-refractivity contribution >= 4 is 32.6 Å². The lowest BCUT2D eigenvalue weighted by molar-refractivity contribution is -0.920. The van der Waals surface area contributed by atoms with Crippen LogP contribution in [0.15, 0.2) is 0 Å². The van der Waals surface area contributed by atoms with E-state index in [0.717, 1.165) is 28.5 Å². The average Bonchev–Trinajstić information content (AvgIpc) is 2.56. The molecular weight excluding hydrogens is 324 g/mol. The molecule has 4 bridgehead atoms. The lowest BCUT2D eigenvalue weighted by Gasteiger charge is -2.64. The van der Waals surface area contributed by atoms with E-state index in [2.05, 4.69) is 40.1 Å². The first-order valence-electron chi connectivity index (χ1n) is 7.61. The van der Waals surface area contributed by atoms with Gasteiger partial charge < -0.3 is 4.25 Å². The molecule has 4 aliphatic rings. The maximum atomic E-state index is 6.51. The zero-order valence-corrected chi connectivity index (χ0v) is 15.3. The van der Waals surface area contributed by atoms with Crippen molar-refractivity contribution < 1.29 is 4.25 Å². The molecule has 5 heterocycles. The van der Waals surface area contributed by atoms with Crippen LogP contribution in [0.4, 0.5) is 0 Å². The predicted molar refractivity (Wildman–Crippen MR) is 88.7 cm³/mol. The van der Waals surface area contributed by atoms with Gasteiger partial charge in [-0.1, -0.05) is 18.5 Å². The van der Waals surface area contributed by atoms with Crippen molar-refractivity contribution in [3.05, 3.63) is 21.7 Å². The Morgan fingerprint density at radius 1 is 1.29 bits per heavy atom. The van der Waals surface area contributed by atoms with Crippen LogP contribution in [-0.4, -0.2) is 32.3 Å². The van der Waals surface area contributed by atoms with Crippen molar-refractivity contribution in [3.63, 3.8) is 0 Å². The van der Waals surface area contributed by atoms with Gasteiger partial charge in [0.1, 0.15) is 11.2 Å². The fraction of sp³-hybridized carbons (Fsp3) is 0.733. The van der Waals surface area contributed by atoms with Crippen LogP contribution in [0.2, 0.25) is 10.4 Å². The molecule has 3 nitrogen and oxygen atoms in total. The molecule has 0 radical (unpaired) electrons. The van der Waals surface area contributed by atoms with Crippen LogP contribution in [0.3, 0.4) is 0 Å². The molecule has 0 amide bonds. The van der Waals surface area contributed by atoms with Crippen LogP contribution >= 0.6 is 32.6 Å². The minimum absolute atomic E-state index is 0.0746. The second-order valence-corrected chi connectivity index (χ2v) is 9.32. The number of aromatic nitrogens is 2. The molecule has 2 fully saturated rings. The third-order valence-electron chi connectivity index (χ3n) is 6.49. The molecule has 114 valence electrons. The second-order valence-electron chi connectivity index (χ2n) is 7.71. The van der Waals surface area contributed by atoms with E-state index in [0.29, 0.717) is 22.7 Å². The van der Waals surface area contributed by atoms with E-state index >= 15 is 0 Å². The first-order valence-corrected chi connectivity index (χ1v) is 8.88. The van der Waals surface area contributed by atoms with Gasteiger partial charge in [-0.25, -0.2) is 9.97 Å². The summed E-state index contributed by atoms with van der Waals surface area (Å²) in [6, 6.07) is 0.598. The van der Waals surface area contributed by atoms with Gasteiger partial charge >= 0.3 is 0 Å². The number of nitrogens with zero attached hydrogens (tertiary/aromatic N) is 3. The summed E-state index contributed by atoms with van der Waals surface area (Å²) in [4.78, 5) is 8.83. The Hall–Kier alpha value is 0.0500. The molecule has 0 aliphatic carbocycles. The molecule has 21 heavy (non-hydrogen) atoms. The maximum absolute atomic E-state index is 6.51. The first-order chi connectivity index (χ1) is 9.71. The molecule has 2 saturated heterocycles. The third-order valence-corrected chi connectivity index (χ3v) is 8.10. The number of quaternary nitrogens is 1. The zero-order valence-electron chi connectivity index (χ0n) is 12.7. The molecule has 6 heteroatoms. The number of hydrogen-bond acceptors (Lipinski definition) is 2. The van der Waals surface area contributed by atoms with E-state index in [1.807, 2.05) is 0 Å². The molecular formula is C15H21Cl2N3P+. The van der Waals surface area contributed by atoms with Gasteiger partial charge in [0.05, 0.1) is 32.6 Å². The molecule has 4 aliphatic heterocycles. The Kier molecular flexibility index (Phi) is 2.87. The Labute approximate surface area is 138 Å². The number of fused-ring (bicyclic) bond motifs is 1. The molecule has 0 saturated carbocycles. The summed E-state index contributed by atoms with van der Waals surface area (Å²) >= 11 is 12.6. The highest BCUT2D eigenvalue weighted by Gasteiger charge is 2.73. The van der Waals surface area contributed by atoms with Crippen molar-refractivity contribution in [2.75, 3.05) is 6.54 Å². The molecule has 0 aromatic carbocycles. The van der Waals surface area contributed by atoms with Gasteiger partial charge in [0.2, 0.25) is 5.28 Å². The average molecular weight is 345 g/mol. The monoisotopic (exact) mass is 344 g/mol. The van der Waals surface area contributed by atoms with Gasteiger partial charge in [0.15, 0.2) is 0 Å². The summed E-state index contributed by atoms with van der Waals surface area (Å²) in [7, 11) is 3.16. The standard InChI is InChI=1S/C15H21Cl2N3P/c1-8-6-14(2)5-4-9-15(3,7-20(9,14)21)10-11(8)18-13(17)19-12(10)16/h8-9H,4-7,21H2,1-3H3/q+1. The lowest BCUT2D eigenvalue weighted by Crippen LogP contribution is -2.76. The van der Waals surface area contributed by atoms with E-state index in [4.69, 9.17) is 23.2 Å². The van der Waals surface area contributed by atoms with Gasteiger partial charge in [0, 0.05) is 30.7 Å². The molecule has 0 spiro atoms. The fourth-order valence-corrected chi connectivity index (χ4v) is 7.21. The minimum atomic E-state index is 0.0746. The molecule has 0 N–H and O–H groups in total. The Morgan fingerprint density at radius 2 is 2.00 bits per heavy atom. The Morgan fingerprint density at radius 3 is 2.71 bits per heavy atom. The summed E-state index contributed by atoms with van der Waals surface area (Å²) in [5, 5.41) is 0.837. The van der Waals surface area contributed by atoms with Crippen molar-refractivity contribution in [1.29, 1.82) is 0 Å². The Balaban J connectivity index is 1.99. The third kappa shape index (κ3) is 1.59. The lowest BCUT2D eigenvalue weighted by atomic mass is 9.65. The van der Waals surface area contributed by atoms with E-state index in [1.54, 1.807) is 0 Å². The normalized spacial score (nSPS) is 47.3. The Bertz CT molecular complexity index is 654. The van der Waals surface area contributed by atoms with Crippen LogP contribution in [0.25, 0.3) is 0 Å². The SMILES string of the molecule is CC1CC2(C)CCC3C(C)(C[N+]32P)c2c(Cl)nc(Cl)nc21. The zero-order chi connectivity index (χ0) is 15.2. The van der Waals surface area contributed by atoms with Crippen molar-refractivity contribution in [2.24, 2.45) is 0 Å². The van der Waals surface area contributed by atoms with E-state index in [9.17, 15) is 0 Å². The quantitative estimate of drug-likeness (QED) is 0.402. The van der Waals surface area contributed by atoms with Gasteiger partial charge in [0.25, 0.3) is 0 Å². The van der Waals surface area contributed by atoms with Gasteiger partial charge in [-0.05, 0) is 25.4 Å². The van der Waals surface area contributed by atoms with Crippen molar-refractivity contribution in [3.8, 4) is 0 Å². The number of hydrogen-bond donors (Lipinski definition) is 0. The highest BCUT2D eigenvalue weighted by Crippen LogP contribution is 2.65. The summed E-state index contributed by atoms with van der Waals surface area (Å²) in [5.41, 5.74) is 2.63. The summed E-state index contributed by atoms with van der Waals surface area (Å²) < 4.78 is 1.10. The predicted octanol–water partition coefficient (Wildman–Crippen LogP) is 4.09. The molecule has 1 aromatic heterocycles. The van der Waals surface area contributed by atoms with E-state index in [-0.39, 0.29) is 10.7 Å². The second kappa shape index (κ2) is 4.12. The summed E-state index contributed by atoms with van der Waals surface area (Å²) in [5.74, 6) is 0.361. The highest BCUT2D eigenvalue weighted by atomic mass is 35.5. The topological polar surface area (TPSA) is 25.8 Å². The van der Waals surface area contributed by atoms with Gasteiger partial charge in [-0.3, -0.25) is 0 Å². The van der Waals surface area contributed by atoms with Crippen LogP contribution < -0.4 is 0 Å². The molecule has 1 aromatic rings. The number of halogens is 2. The van der Waals surface area contributed by atoms with Crippen LogP contribution in [0.5, 0.6) is 0 Å². The van der Waals surface area contributed by atoms with Gasteiger partial charge in [-0.15, -0.1) is 0 Å². The van der Waals surface area contributed by atoms with Crippen LogP contribution in [0.1, 0.15) is 57.2 Å². The summed E-state index contributed by atoms with van der Waals surface area (Å²) in [6.07, 6.45) is 3.65. The van der Waals surface area contributed by atoms with E-state index in [1.165, 1.54) is 12.8 Å². The molecule has 6 unspecified atom stereocenters. The fourth-order valence-electron chi connectivity index (χ4n) is 5.51. The van der Waals surface area contributed by atoms with Crippen LogP contribution in [-0.2, 0) is 5.41 Å². The first kappa shape index (κ1) is 14.6. The maximum Gasteiger partial charge on any atom is 0.224 e. The van der Waals surface area contributed by atoms with Gasteiger partial charge in [-0.2, -0.15) is 0 Å². The van der Waals surface area contributed by atoms with Crippen molar-refractivity contribution in [1.82, 2.24) is 9.97 Å². The molecule has 5 rings (SSSR count). The largest absolute Gasteiger partial charge is 0.305 e. The highest BCUT2D eigenvalue weighted by molar-refractivity contribution is 7.09. The van der Waals surface area contributed by atoms with Crippen molar-refractivity contribution in [2.45, 2.75) is 62.9 Å². The van der Waals surface area contributed by atoms with Crippen LogP contribution in [0, 0.1) is 0 Å². The smallest absolute Gasteiger partial charge is 0.224 e. The minimum Gasteiger partial charge on any atom is -0.305 e.